The molecule has 1 saturated heterocycles. The molecule has 6 heteroatoms. The SMILES string of the molecule is Cc1ccc(Cc2ccccc2O[C@@H]2O[C@H](CO)[C@@H](O)[C@H](O)[C@H]2O)c(C)c1. The minimum atomic E-state index is -1.47. The van der Waals surface area contributed by atoms with Gasteiger partial charge in [0.05, 0.1) is 6.61 Å². The molecule has 5 atom stereocenters. The molecule has 0 aliphatic carbocycles. The number of ether oxygens (including phenoxy) is 2. The van der Waals surface area contributed by atoms with Crippen LogP contribution in [0.2, 0.25) is 0 Å². The molecule has 1 heterocycles. The average molecular weight is 374 g/mol. The smallest absolute Gasteiger partial charge is 0.229 e. The minimum Gasteiger partial charge on any atom is -0.462 e. The third kappa shape index (κ3) is 4.31. The summed E-state index contributed by atoms with van der Waals surface area (Å²) in [6.45, 7) is 3.62. The molecule has 27 heavy (non-hydrogen) atoms. The van der Waals surface area contributed by atoms with Gasteiger partial charge in [0.1, 0.15) is 30.2 Å². The van der Waals surface area contributed by atoms with E-state index in [9.17, 15) is 20.4 Å². The average Bonchev–Trinajstić information content (AvgIpc) is 2.65. The fourth-order valence-electron chi connectivity index (χ4n) is 3.30. The lowest BCUT2D eigenvalue weighted by molar-refractivity contribution is -0.277. The van der Waals surface area contributed by atoms with Crippen LogP contribution in [0.15, 0.2) is 42.5 Å². The molecule has 146 valence electrons. The zero-order valence-electron chi connectivity index (χ0n) is 15.4. The highest BCUT2D eigenvalue weighted by atomic mass is 16.7. The van der Waals surface area contributed by atoms with E-state index in [1.165, 1.54) is 11.1 Å². The third-order valence-electron chi connectivity index (χ3n) is 4.94. The highest BCUT2D eigenvalue weighted by molar-refractivity contribution is 5.40. The van der Waals surface area contributed by atoms with Gasteiger partial charge in [-0.25, -0.2) is 0 Å². The van der Waals surface area contributed by atoms with Crippen LogP contribution in [0.3, 0.4) is 0 Å². The Labute approximate surface area is 158 Å². The Hall–Kier alpha value is -1.96. The van der Waals surface area contributed by atoms with Crippen molar-refractivity contribution in [1.82, 2.24) is 0 Å². The topological polar surface area (TPSA) is 99.4 Å². The molecule has 0 aromatic heterocycles. The van der Waals surface area contributed by atoms with E-state index in [0.29, 0.717) is 12.2 Å². The van der Waals surface area contributed by atoms with E-state index in [2.05, 4.69) is 25.1 Å². The molecule has 0 unspecified atom stereocenters. The van der Waals surface area contributed by atoms with Gasteiger partial charge in [0, 0.05) is 6.42 Å². The summed E-state index contributed by atoms with van der Waals surface area (Å²) in [5.41, 5.74) is 4.44. The lowest BCUT2D eigenvalue weighted by Gasteiger charge is -2.39. The summed E-state index contributed by atoms with van der Waals surface area (Å²) in [5, 5.41) is 39.3. The first kappa shape index (κ1) is 19.8. The van der Waals surface area contributed by atoms with Crippen molar-refractivity contribution >= 4 is 0 Å². The van der Waals surface area contributed by atoms with Crippen molar-refractivity contribution in [3.05, 3.63) is 64.7 Å². The number of para-hydroxylation sites is 1. The second-order valence-corrected chi connectivity index (χ2v) is 7.03. The second kappa shape index (κ2) is 8.37. The quantitative estimate of drug-likeness (QED) is 0.625. The molecule has 0 saturated carbocycles. The molecule has 0 amide bonds. The van der Waals surface area contributed by atoms with Crippen molar-refractivity contribution in [3.63, 3.8) is 0 Å². The molecule has 0 spiro atoms. The van der Waals surface area contributed by atoms with Crippen molar-refractivity contribution in [2.75, 3.05) is 6.61 Å². The molecule has 6 nitrogen and oxygen atoms in total. The first-order valence-electron chi connectivity index (χ1n) is 9.02. The third-order valence-corrected chi connectivity index (χ3v) is 4.94. The maximum Gasteiger partial charge on any atom is 0.229 e. The van der Waals surface area contributed by atoms with Gasteiger partial charge in [-0.15, -0.1) is 0 Å². The Balaban J connectivity index is 1.81. The predicted molar refractivity (Wildman–Crippen MR) is 99.6 cm³/mol. The monoisotopic (exact) mass is 374 g/mol. The minimum absolute atomic E-state index is 0.491. The molecule has 0 radical (unpaired) electrons. The van der Waals surface area contributed by atoms with Crippen molar-refractivity contribution < 1.29 is 29.9 Å². The van der Waals surface area contributed by atoms with Crippen LogP contribution in [-0.2, 0) is 11.2 Å². The number of aliphatic hydroxyl groups excluding tert-OH is 4. The summed E-state index contributed by atoms with van der Waals surface area (Å²) in [6, 6.07) is 13.7. The fraction of sp³-hybridized carbons (Fsp3) is 0.429. The summed E-state index contributed by atoms with van der Waals surface area (Å²) in [7, 11) is 0. The standard InChI is InChI=1S/C21H26O6/c1-12-7-8-14(13(2)9-12)10-15-5-3-4-6-16(15)26-21-20(25)19(24)18(23)17(11-22)27-21/h3-9,17-25H,10-11H2,1-2H3/t17-,18-,19+,20-,21-/m1/s1. The van der Waals surface area contributed by atoms with Crippen LogP contribution >= 0.6 is 0 Å². The van der Waals surface area contributed by atoms with Crippen LogP contribution in [0.1, 0.15) is 22.3 Å². The van der Waals surface area contributed by atoms with Crippen molar-refractivity contribution in [2.24, 2.45) is 0 Å². The van der Waals surface area contributed by atoms with E-state index >= 15 is 0 Å². The number of aliphatic hydroxyl groups is 4. The van der Waals surface area contributed by atoms with Gasteiger partial charge in [-0.1, -0.05) is 42.0 Å². The zero-order valence-corrected chi connectivity index (χ0v) is 15.4. The van der Waals surface area contributed by atoms with Gasteiger partial charge < -0.3 is 29.9 Å². The molecule has 1 fully saturated rings. The molecular weight excluding hydrogens is 348 g/mol. The fourth-order valence-corrected chi connectivity index (χ4v) is 3.30. The van der Waals surface area contributed by atoms with Gasteiger partial charge >= 0.3 is 0 Å². The Kier molecular flexibility index (Phi) is 6.14. The van der Waals surface area contributed by atoms with Crippen molar-refractivity contribution in [3.8, 4) is 5.75 Å². The van der Waals surface area contributed by atoms with Gasteiger partial charge in [0.25, 0.3) is 0 Å². The summed E-state index contributed by atoms with van der Waals surface area (Å²) < 4.78 is 11.3. The predicted octanol–water partition coefficient (Wildman–Crippen LogP) is 1.07. The molecule has 0 bridgehead atoms. The van der Waals surface area contributed by atoms with Crippen LogP contribution in [0, 0.1) is 13.8 Å². The summed E-state index contributed by atoms with van der Waals surface area (Å²) in [6.07, 6.45) is -5.86. The summed E-state index contributed by atoms with van der Waals surface area (Å²) in [5.74, 6) is 0.516. The second-order valence-electron chi connectivity index (χ2n) is 7.03. The van der Waals surface area contributed by atoms with E-state index in [1.54, 1.807) is 6.07 Å². The van der Waals surface area contributed by atoms with E-state index in [-0.39, 0.29) is 0 Å². The normalized spacial score (nSPS) is 28.1. The number of aryl methyl sites for hydroxylation is 2. The van der Waals surface area contributed by atoms with Gasteiger partial charge in [-0.3, -0.25) is 0 Å². The van der Waals surface area contributed by atoms with Crippen LogP contribution in [0.5, 0.6) is 5.75 Å². The van der Waals surface area contributed by atoms with E-state index < -0.39 is 37.3 Å². The zero-order chi connectivity index (χ0) is 19.6. The summed E-state index contributed by atoms with van der Waals surface area (Å²) in [4.78, 5) is 0. The van der Waals surface area contributed by atoms with Crippen LogP contribution in [0.25, 0.3) is 0 Å². The molecule has 4 N–H and O–H groups in total. The lowest BCUT2D eigenvalue weighted by atomic mass is 9.98. The molecule has 2 aromatic carbocycles. The Morgan fingerprint density at radius 1 is 0.926 bits per heavy atom. The highest BCUT2D eigenvalue weighted by Crippen LogP contribution is 2.28. The first-order valence-corrected chi connectivity index (χ1v) is 9.02. The van der Waals surface area contributed by atoms with Gasteiger partial charge in [0.15, 0.2) is 0 Å². The van der Waals surface area contributed by atoms with Crippen LogP contribution < -0.4 is 4.74 Å². The molecule has 1 aliphatic rings. The molecule has 1 aliphatic heterocycles. The Morgan fingerprint density at radius 2 is 1.67 bits per heavy atom. The Morgan fingerprint density at radius 3 is 2.37 bits per heavy atom. The molecular formula is C21H26O6. The van der Waals surface area contributed by atoms with Crippen molar-refractivity contribution in [2.45, 2.75) is 51.0 Å². The highest BCUT2D eigenvalue weighted by Gasteiger charge is 2.44. The maximum absolute atomic E-state index is 10.2. The number of rotatable bonds is 5. The van der Waals surface area contributed by atoms with Crippen LogP contribution in [-0.4, -0.2) is 57.7 Å². The van der Waals surface area contributed by atoms with Gasteiger partial charge in [-0.2, -0.15) is 0 Å². The molecule has 2 aromatic rings. The number of benzene rings is 2. The largest absolute Gasteiger partial charge is 0.462 e. The first-order chi connectivity index (χ1) is 12.9. The van der Waals surface area contributed by atoms with Gasteiger partial charge in [-0.05, 0) is 36.6 Å². The van der Waals surface area contributed by atoms with E-state index in [1.807, 2.05) is 25.1 Å². The number of hydrogen-bond acceptors (Lipinski definition) is 6. The molecule has 3 rings (SSSR count). The Bertz CT molecular complexity index is 775. The van der Waals surface area contributed by atoms with Crippen molar-refractivity contribution in [1.29, 1.82) is 0 Å². The number of hydrogen-bond donors (Lipinski definition) is 4. The van der Waals surface area contributed by atoms with E-state index in [4.69, 9.17) is 9.47 Å². The summed E-state index contributed by atoms with van der Waals surface area (Å²) >= 11 is 0. The van der Waals surface area contributed by atoms with E-state index in [0.717, 1.165) is 11.1 Å². The van der Waals surface area contributed by atoms with Gasteiger partial charge in [0.2, 0.25) is 6.29 Å². The lowest BCUT2D eigenvalue weighted by Crippen LogP contribution is -2.60. The van der Waals surface area contributed by atoms with Crippen LogP contribution in [0.4, 0.5) is 0 Å². The maximum atomic E-state index is 10.2.